The highest BCUT2D eigenvalue weighted by molar-refractivity contribution is 5.93. The van der Waals surface area contributed by atoms with E-state index in [1.807, 2.05) is 36.7 Å². The number of pyridine rings is 1. The summed E-state index contributed by atoms with van der Waals surface area (Å²) in [6.07, 6.45) is 13.0. The quantitative estimate of drug-likeness (QED) is 0.641. The van der Waals surface area contributed by atoms with Crippen molar-refractivity contribution in [3.63, 3.8) is 0 Å². The van der Waals surface area contributed by atoms with Crippen LogP contribution < -0.4 is 20.4 Å². The van der Waals surface area contributed by atoms with Gasteiger partial charge in [-0.25, -0.2) is 9.97 Å². The van der Waals surface area contributed by atoms with Gasteiger partial charge in [-0.05, 0) is 37.9 Å². The third kappa shape index (κ3) is 4.27. The van der Waals surface area contributed by atoms with Gasteiger partial charge in [0.1, 0.15) is 23.7 Å². The minimum absolute atomic E-state index is 0.0268. The van der Waals surface area contributed by atoms with Crippen LogP contribution in [0, 0.1) is 11.3 Å². The van der Waals surface area contributed by atoms with E-state index in [2.05, 4.69) is 48.3 Å². The van der Waals surface area contributed by atoms with E-state index in [0.29, 0.717) is 24.9 Å². The van der Waals surface area contributed by atoms with Crippen LogP contribution in [-0.2, 0) is 4.79 Å². The first-order valence-corrected chi connectivity index (χ1v) is 13.3. The fraction of sp³-hybridized carbons (Fsp3) is 0.519. The van der Waals surface area contributed by atoms with Gasteiger partial charge in [-0.1, -0.05) is 31.9 Å². The molecule has 2 unspecified atom stereocenters. The van der Waals surface area contributed by atoms with Gasteiger partial charge < -0.3 is 20.4 Å². The van der Waals surface area contributed by atoms with Crippen LogP contribution in [0.4, 0.5) is 23.3 Å². The average molecular weight is 500 g/mol. The maximum Gasteiger partial charge on any atom is 0.246 e. The summed E-state index contributed by atoms with van der Waals surface area (Å²) >= 11 is 0. The van der Waals surface area contributed by atoms with Crippen LogP contribution in [0.3, 0.4) is 0 Å². The molecule has 10 heteroatoms. The second kappa shape index (κ2) is 9.63. The Bertz CT molecular complexity index is 1230. The Morgan fingerprint density at radius 2 is 2.08 bits per heavy atom. The van der Waals surface area contributed by atoms with Crippen LogP contribution in [0.25, 0.3) is 6.08 Å². The van der Waals surface area contributed by atoms with E-state index in [4.69, 9.17) is 4.98 Å². The summed E-state index contributed by atoms with van der Waals surface area (Å²) in [4.78, 5) is 33.5. The number of hydrogen-bond donors (Lipinski definition) is 2. The lowest BCUT2D eigenvalue weighted by molar-refractivity contribution is -0.123. The lowest BCUT2D eigenvalue weighted by atomic mass is 9.87. The molecule has 3 fully saturated rings. The van der Waals surface area contributed by atoms with Crippen molar-refractivity contribution in [3.8, 4) is 6.07 Å². The molecular weight excluding hydrogens is 466 g/mol. The molecule has 1 amide bonds. The van der Waals surface area contributed by atoms with Crippen molar-refractivity contribution in [3.05, 3.63) is 36.2 Å². The molecule has 3 aliphatic heterocycles. The maximum atomic E-state index is 12.7. The highest BCUT2D eigenvalue weighted by Crippen LogP contribution is 2.43. The average Bonchev–Trinajstić information content (AvgIpc) is 3.40. The van der Waals surface area contributed by atoms with Crippen molar-refractivity contribution in [2.45, 2.75) is 56.7 Å². The van der Waals surface area contributed by atoms with Gasteiger partial charge in [0.15, 0.2) is 0 Å². The number of amides is 1. The summed E-state index contributed by atoms with van der Waals surface area (Å²) in [7, 11) is 0. The molecule has 37 heavy (non-hydrogen) atoms. The van der Waals surface area contributed by atoms with Crippen molar-refractivity contribution in [2.24, 2.45) is 0 Å². The SMILES string of the molecule is CCCN1CCN(c2ccc(Nc3ncc4c(n3)N3C(C=C4)C(=O)NCC34CCCC4)nc2)CC1C#N. The molecule has 1 aliphatic carbocycles. The molecule has 2 saturated heterocycles. The van der Waals surface area contributed by atoms with Gasteiger partial charge in [0.2, 0.25) is 11.9 Å². The molecule has 2 aromatic heterocycles. The van der Waals surface area contributed by atoms with E-state index < -0.39 is 0 Å². The number of anilines is 4. The molecule has 2 atom stereocenters. The second-order valence-corrected chi connectivity index (χ2v) is 10.4. The van der Waals surface area contributed by atoms with Gasteiger partial charge in [-0.2, -0.15) is 10.2 Å². The van der Waals surface area contributed by atoms with Gasteiger partial charge in [-0.3, -0.25) is 9.69 Å². The number of fused-ring (bicyclic) bond motifs is 4. The zero-order valence-corrected chi connectivity index (χ0v) is 21.2. The number of aromatic nitrogens is 3. The number of nitrogens with one attached hydrogen (secondary N) is 2. The number of carbonyl (C=O) groups excluding carboxylic acids is 1. The van der Waals surface area contributed by atoms with E-state index in [0.717, 1.165) is 68.8 Å². The zero-order valence-electron chi connectivity index (χ0n) is 21.2. The lowest BCUT2D eigenvalue weighted by Gasteiger charge is -2.50. The van der Waals surface area contributed by atoms with Crippen LogP contribution in [0.1, 0.15) is 44.6 Å². The highest BCUT2D eigenvalue weighted by Gasteiger charge is 2.50. The number of rotatable bonds is 5. The summed E-state index contributed by atoms with van der Waals surface area (Å²) < 4.78 is 0. The molecule has 1 spiro atoms. The Balaban J connectivity index is 1.20. The van der Waals surface area contributed by atoms with Gasteiger partial charge in [0.05, 0.1) is 23.5 Å². The van der Waals surface area contributed by atoms with Gasteiger partial charge in [0.25, 0.3) is 0 Å². The third-order valence-electron chi connectivity index (χ3n) is 8.17. The van der Waals surface area contributed by atoms with Crippen molar-refractivity contribution in [2.75, 3.05) is 47.8 Å². The monoisotopic (exact) mass is 499 g/mol. The summed E-state index contributed by atoms with van der Waals surface area (Å²) in [5, 5.41) is 16.0. The predicted molar refractivity (Wildman–Crippen MR) is 143 cm³/mol. The maximum absolute atomic E-state index is 12.7. The van der Waals surface area contributed by atoms with Crippen LogP contribution in [-0.4, -0.2) is 76.1 Å². The fourth-order valence-corrected chi connectivity index (χ4v) is 6.28. The van der Waals surface area contributed by atoms with E-state index >= 15 is 0 Å². The van der Waals surface area contributed by atoms with Crippen LogP contribution in [0.5, 0.6) is 0 Å². The molecule has 1 saturated carbocycles. The number of piperazine rings is 2. The largest absolute Gasteiger partial charge is 0.366 e. The van der Waals surface area contributed by atoms with Crippen molar-refractivity contribution >= 4 is 35.3 Å². The van der Waals surface area contributed by atoms with Crippen molar-refractivity contribution in [1.82, 2.24) is 25.2 Å². The molecule has 0 radical (unpaired) electrons. The number of carbonyl (C=O) groups is 1. The Morgan fingerprint density at radius 1 is 1.22 bits per heavy atom. The highest BCUT2D eigenvalue weighted by atomic mass is 16.2. The Labute approximate surface area is 217 Å². The summed E-state index contributed by atoms with van der Waals surface area (Å²) in [6, 6.07) is 5.96. The molecule has 10 nitrogen and oxygen atoms in total. The molecule has 192 valence electrons. The van der Waals surface area contributed by atoms with Crippen LogP contribution >= 0.6 is 0 Å². The second-order valence-electron chi connectivity index (χ2n) is 10.4. The molecule has 4 aliphatic rings. The number of hydrogen-bond acceptors (Lipinski definition) is 9. The molecule has 0 aromatic carbocycles. The third-order valence-corrected chi connectivity index (χ3v) is 8.17. The van der Waals surface area contributed by atoms with Crippen LogP contribution in [0.2, 0.25) is 0 Å². The first kappa shape index (κ1) is 23.7. The lowest BCUT2D eigenvalue weighted by Crippen LogP contribution is -2.67. The van der Waals surface area contributed by atoms with E-state index in [1.165, 1.54) is 0 Å². The van der Waals surface area contributed by atoms with Gasteiger partial charge in [0, 0.05) is 37.9 Å². The number of nitriles is 1. The van der Waals surface area contributed by atoms with Crippen molar-refractivity contribution in [1.29, 1.82) is 5.26 Å². The minimum Gasteiger partial charge on any atom is -0.366 e. The molecule has 2 N–H and O–H groups in total. The zero-order chi connectivity index (χ0) is 25.4. The van der Waals surface area contributed by atoms with Crippen LogP contribution in [0.15, 0.2) is 30.6 Å². The molecular formula is C27H33N9O. The molecule has 6 rings (SSSR count). The van der Waals surface area contributed by atoms with E-state index in [-0.39, 0.29) is 23.5 Å². The Hall–Kier alpha value is -3.71. The number of nitrogens with zero attached hydrogens (tertiary/aromatic N) is 7. The minimum atomic E-state index is -0.338. The smallest absolute Gasteiger partial charge is 0.246 e. The van der Waals surface area contributed by atoms with E-state index in [9.17, 15) is 10.1 Å². The topological polar surface area (TPSA) is 113 Å². The molecule has 5 heterocycles. The Kier molecular flexibility index (Phi) is 6.16. The summed E-state index contributed by atoms with van der Waals surface area (Å²) in [5.74, 6) is 1.95. The first-order chi connectivity index (χ1) is 18.1. The molecule has 0 bridgehead atoms. The van der Waals surface area contributed by atoms with Gasteiger partial charge in [-0.15, -0.1) is 0 Å². The fourth-order valence-electron chi connectivity index (χ4n) is 6.28. The summed E-state index contributed by atoms with van der Waals surface area (Å²) in [5.41, 5.74) is 1.84. The standard InChI is InChI=1S/C27H33N9O/c1-2-11-34-12-13-35(17-21(34)14-28)20-6-8-23(29-16-20)32-26-30-15-19-5-7-22-25(37)31-18-27(9-3-4-10-27)36(22)24(19)33-26/h5-8,15-16,21-22H,2-4,9-13,17-18H2,1H3,(H,31,37)(H,29,30,32,33). The summed E-state index contributed by atoms with van der Waals surface area (Å²) in [6.45, 7) is 6.19. The Morgan fingerprint density at radius 3 is 2.84 bits per heavy atom. The van der Waals surface area contributed by atoms with E-state index in [1.54, 1.807) is 0 Å². The normalized spacial score (nSPS) is 24.4. The predicted octanol–water partition coefficient (Wildman–Crippen LogP) is 2.68. The first-order valence-electron chi connectivity index (χ1n) is 13.3. The van der Waals surface area contributed by atoms with Gasteiger partial charge >= 0.3 is 0 Å². The molecule has 2 aromatic rings. The van der Waals surface area contributed by atoms with Crippen molar-refractivity contribution < 1.29 is 4.79 Å².